The summed E-state index contributed by atoms with van der Waals surface area (Å²) in [5.74, 6) is 0.187. The molecule has 1 amide bonds. The van der Waals surface area contributed by atoms with E-state index < -0.39 is 6.04 Å². The Balaban J connectivity index is 1.54. The van der Waals surface area contributed by atoms with Gasteiger partial charge in [0.2, 0.25) is 5.91 Å². The van der Waals surface area contributed by atoms with Gasteiger partial charge in [0.1, 0.15) is 0 Å². The maximum Gasteiger partial charge on any atom is 0.237 e. The normalized spacial score (nSPS) is 17.3. The van der Waals surface area contributed by atoms with Crippen LogP contribution < -0.4 is 11.1 Å². The van der Waals surface area contributed by atoms with Crippen LogP contribution >= 0.6 is 0 Å². The Morgan fingerprint density at radius 2 is 2.22 bits per heavy atom. The van der Waals surface area contributed by atoms with Crippen LogP contribution in [0.4, 0.5) is 0 Å². The van der Waals surface area contributed by atoms with Crippen LogP contribution in [0, 0.1) is 12.8 Å². The van der Waals surface area contributed by atoms with Crippen molar-refractivity contribution in [2.24, 2.45) is 11.7 Å². The second kappa shape index (κ2) is 7.15. The smallest absolute Gasteiger partial charge is 0.237 e. The van der Waals surface area contributed by atoms with Crippen LogP contribution in [-0.2, 0) is 16.0 Å². The maximum absolute atomic E-state index is 12.2. The lowest BCUT2D eigenvalue weighted by atomic mass is 9.92. The topological polar surface area (TPSA) is 80.1 Å². The molecule has 23 heavy (non-hydrogen) atoms. The van der Waals surface area contributed by atoms with Crippen LogP contribution in [0.25, 0.3) is 10.9 Å². The largest absolute Gasteiger partial charge is 0.381 e. The van der Waals surface area contributed by atoms with E-state index in [2.05, 4.69) is 35.4 Å². The number of ether oxygens (including phenoxy) is 1. The molecule has 0 aliphatic carbocycles. The van der Waals surface area contributed by atoms with E-state index in [0.717, 1.165) is 19.3 Å². The molecule has 5 heteroatoms. The van der Waals surface area contributed by atoms with E-state index in [0.29, 0.717) is 19.8 Å². The first-order valence-corrected chi connectivity index (χ1v) is 8.33. The first kappa shape index (κ1) is 16.0. The fourth-order valence-electron chi connectivity index (χ4n) is 3.30. The summed E-state index contributed by atoms with van der Waals surface area (Å²) in [5.41, 5.74) is 9.72. The second-order valence-corrected chi connectivity index (χ2v) is 6.33. The molecule has 2 heterocycles. The highest BCUT2D eigenvalue weighted by atomic mass is 16.5. The average Bonchev–Trinajstić information content (AvgIpc) is 2.99. The summed E-state index contributed by atoms with van der Waals surface area (Å²) in [5, 5.41) is 4.21. The first-order chi connectivity index (χ1) is 11.2. The highest BCUT2D eigenvalue weighted by Gasteiger charge is 2.26. The summed E-state index contributed by atoms with van der Waals surface area (Å²) in [6, 6.07) is 5.85. The summed E-state index contributed by atoms with van der Waals surface area (Å²) in [7, 11) is 0. The van der Waals surface area contributed by atoms with Crippen molar-refractivity contribution in [3.63, 3.8) is 0 Å². The lowest BCUT2D eigenvalue weighted by molar-refractivity contribution is -0.124. The molecule has 1 aromatic carbocycles. The van der Waals surface area contributed by atoms with Crippen LogP contribution in [0.5, 0.6) is 0 Å². The van der Waals surface area contributed by atoms with E-state index in [1.54, 1.807) is 0 Å². The van der Waals surface area contributed by atoms with E-state index >= 15 is 0 Å². The highest BCUT2D eigenvalue weighted by molar-refractivity contribution is 5.86. The molecule has 1 aliphatic rings. The van der Waals surface area contributed by atoms with Gasteiger partial charge >= 0.3 is 0 Å². The van der Waals surface area contributed by atoms with E-state index in [4.69, 9.17) is 10.5 Å². The van der Waals surface area contributed by atoms with Gasteiger partial charge in [-0.25, -0.2) is 0 Å². The third kappa shape index (κ3) is 3.57. The van der Waals surface area contributed by atoms with E-state index in [1.165, 1.54) is 22.0 Å². The number of carbonyl (C=O) groups excluding carboxylic acids is 1. The molecule has 5 nitrogen and oxygen atoms in total. The molecule has 1 fully saturated rings. The maximum atomic E-state index is 12.2. The van der Waals surface area contributed by atoms with Gasteiger partial charge in [-0.05, 0) is 43.2 Å². The molecule has 1 saturated heterocycles. The Morgan fingerprint density at radius 3 is 3.00 bits per heavy atom. The predicted molar refractivity (Wildman–Crippen MR) is 91.3 cm³/mol. The predicted octanol–water partition coefficient (Wildman–Crippen LogP) is 1.89. The molecule has 1 unspecified atom stereocenters. The minimum absolute atomic E-state index is 0.0482. The fraction of sp³-hybridized carbons (Fsp3) is 0.500. The standard InChI is InChI=1S/C18H25N3O2/c1-12-3-2-4-15-14(11-21-17(12)15)5-8-20-18(22)16(19)13-6-9-23-10-7-13/h2-4,11,13,16,21H,5-10,19H2,1H3,(H,20,22). The van der Waals surface area contributed by atoms with Gasteiger partial charge in [-0.15, -0.1) is 0 Å². The third-order valence-corrected chi connectivity index (χ3v) is 4.78. The van der Waals surface area contributed by atoms with Gasteiger partial charge in [0.15, 0.2) is 0 Å². The van der Waals surface area contributed by atoms with Crippen LogP contribution in [0.15, 0.2) is 24.4 Å². The Labute approximate surface area is 136 Å². The van der Waals surface area contributed by atoms with Gasteiger partial charge < -0.3 is 20.8 Å². The summed E-state index contributed by atoms with van der Waals surface area (Å²) in [4.78, 5) is 15.5. The lowest BCUT2D eigenvalue weighted by Gasteiger charge is -2.26. The quantitative estimate of drug-likeness (QED) is 0.788. The molecule has 1 aromatic heterocycles. The van der Waals surface area contributed by atoms with Crippen LogP contribution in [-0.4, -0.2) is 36.7 Å². The Bertz CT molecular complexity index is 674. The number of aryl methyl sites for hydroxylation is 1. The number of amides is 1. The van der Waals surface area contributed by atoms with E-state index in [-0.39, 0.29) is 11.8 Å². The number of benzene rings is 1. The molecular formula is C18H25N3O2. The van der Waals surface area contributed by atoms with Gasteiger partial charge in [-0.3, -0.25) is 4.79 Å². The van der Waals surface area contributed by atoms with Gasteiger partial charge in [0.05, 0.1) is 6.04 Å². The second-order valence-electron chi connectivity index (χ2n) is 6.33. The molecule has 4 N–H and O–H groups in total. The van der Waals surface area contributed by atoms with Crippen LogP contribution in [0.3, 0.4) is 0 Å². The molecule has 1 atom stereocenters. The van der Waals surface area contributed by atoms with Crippen molar-refractivity contribution in [3.8, 4) is 0 Å². The third-order valence-electron chi connectivity index (χ3n) is 4.78. The average molecular weight is 315 g/mol. The number of H-pyrrole nitrogens is 1. The molecular weight excluding hydrogens is 290 g/mol. The Kier molecular flexibility index (Phi) is 4.98. The van der Waals surface area contributed by atoms with Gasteiger partial charge in [-0.1, -0.05) is 18.2 Å². The molecule has 3 rings (SSSR count). The molecule has 1 aliphatic heterocycles. The number of hydrogen-bond acceptors (Lipinski definition) is 3. The fourth-order valence-corrected chi connectivity index (χ4v) is 3.30. The van der Waals surface area contributed by atoms with Crippen molar-refractivity contribution in [1.82, 2.24) is 10.3 Å². The van der Waals surface area contributed by atoms with Crippen LogP contribution in [0.2, 0.25) is 0 Å². The van der Waals surface area contributed by atoms with Crippen molar-refractivity contribution in [3.05, 3.63) is 35.5 Å². The Hall–Kier alpha value is -1.85. The zero-order valence-electron chi connectivity index (χ0n) is 13.6. The number of rotatable bonds is 5. The van der Waals surface area contributed by atoms with Gasteiger partial charge in [0.25, 0.3) is 0 Å². The molecule has 124 valence electrons. The van der Waals surface area contributed by atoms with Crippen LogP contribution in [0.1, 0.15) is 24.0 Å². The van der Waals surface area contributed by atoms with Gasteiger partial charge in [0, 0.05) is 36.9 Å². The number of nitrogens with one attached hydrogen (secondary N) is 2. The number of para-hydroxylation sites is 1. The number of carbonyl (C=O) groups is 1. The number of aromatic nitrogens is 1. The number of fused-ring (bicyclic) bond motifs is 1. The van der Waals surface area contributed by atoms with Crippen molar-refractivity contribution in [1.29, 1.82) is 0 Å². The van der Waals surface area contributed by atoms with E-state index in [9.17, 15) is 4.79 Å². The van der Waals surface area contributed by atoms with Crippen molar-refractivity contribution in [2.45, 2.75) is 32.2 Å². The molecule has 0 spiro atoms. The number of hydrogen-bond donors (Lipinski definition) is 3. The van der Waals surface area contributed by atoms with Gasteiger partial charge in [-0.2, -0.15) is 0 Å². The molecule has 0 radical (unpaired) electrons. The minimum atomic E-state index is -0.427. The number of aromatic amines is 1. The zero-order chi connectivity index (χ0) is 16.2. The molecule has 0 bridgehead atoms. The minimum Gasteiger partial charge on any atom is -0.381 e. The van der Waals surface area contributed by atoms with Crippen molar-refractivity contribution in [2.75, 3.05) is 19.8 Å². The summed E-state index contributed by atoms with van der Waals surface area (Å²) >= 11 is 0. The zero-order valence-corrected chi connectivity index (χ0v) is 13.6. The highest BCUT2D eigenvalue weighted by Crippen LogP contribution is 2.21. The molecule has 0 saturated carbocycles. The summed E-state index contributed by atoms with van der Waals surface area (Å²) in [6.45, 7) is 4.12. The Morgan fingerprint density at radius 1 is 1.43 bits per heavy atom. The SMILES string of the molecule is Cc1cccc2c(CCNC(=O)C(N)C3CCOCC3)c[nH]c12. The number of nitrogens with two attached hydrogens (primary N) is 1. The lowest BCUT2D eigenvalue weighted by Crippen LogP contribution is -2.47. The van der Waals surface area contributed by atoms with E-state index in [1.807, 2.05) is 6.20 Å². The molecule has 2 aromatic rings. The summed E-state index contributed by atoms with van der Waals surface area (Å²) in [6.07, 6.45) is 4.57. The van der Waals surface area contributed by atoms with Crippen molar-refractivity contribution >= 4 is 16.8 Å². The summed E-state index contributed by atoms with van der Waals surface area (Å²) < 4.78 is 5.32. The monoisotopic (exact) mass is 315 g/mol. The van der Waals surface area contributed by atoms with Crippen molar-refractivity contribution < 1.29 is 9.53 Å². The first-order valence-electron chi connectivity index (χ1n) is 8.33.